The van der Waals surface area contributed by atoms with Gasteiger partial charge >= 0.3 is 0 Å². The number of fused-ring (bicyclic) bond motifs is 1. The van der Waals surface area contributed by atoms with Crippen LogP contribution in [0.4, 0.5) is 0 Å². The second-order valence-electron chi connectivity index (χ2n) is 7.58. The molecule has 2 heterocycles. The van der Waals surface area contributed by atoms with E-state index in [1.165, 1.54) is 0 Å². The van der Waals surface area contributed by atoms with Crippen molar-refractivity contribution in [3.05, 3.63) is 53.4 Å². The molecule has 31 heavy (non-hydrogen) atoms. The topological polar surface area (TPSA) is 66.2 Å². The lowest BCUT2D eigenvalue weighted by Crippen LogP contribution is -2.23. The molecule has 0 saturated carbocycles. The third kappa shape index (κ3) is 4.32. The molecule has 1 aliphatic heterocycles. The van der Waals surface area contributed by atoms with Crippen molar-refractivity contribution in [1.29, 1.82) is 0 Å². The summed E-state index contributed by atoms with van der Waals surface area (Å²) in [7, 11) is 5.32. The van der Waals surface area contributed by atoms with Gasteiger partial charge in [-0.25, -0.2) is 4.98 Å². The van der Waals surface area contributed by atoms with Gasteiger partial charge in [-0.2, -0.15) is 0 Å². The molecule has 0 amide bonds. The summed E-state index contributed by atoms with van der Waals surface area (Å²) in [5.41, 5.74) is 2.84. The number of rotatable bonds is 7. The van der Waals surface area contributed by atoms with E-state index in [1.54, 1.807) is 14.2 Å². The molecule has 1 aliphatic rings. The predicted molar refractivity (Wildman–Crippen MR) is 117 cm³/mol. The summed E-state index contributed by atoms with van der Waals surface area (Å²) >= 11 is 0. The molecule has 7 nitrogen and oxygen atoms in total. The average Bonchev–Trinajstić information content (AvgIpc) is 3.17. The fourth-order valence-corrected chi connectivity index (χ4v) is 3.61. The van der Waals surface area contributed by atoms with Crippen LogP contribution in [0.15, 0.2) is 40.8 Å². The van der Waals surface area contributed by atoms with Crippen molar-refractivity contribution >= 4 is 0 Å². The van der Waals surface area contributed by atoms with Gasteiger partial charge in [0.2, 0.25) is 5.89 Å². The normalized spacial score (nSPS) is 13.9. The summed E-state index contributed by atoms with van der Waals surface area (Å²) in [6.45, 7) is 5.91. The molecular weight excluding hydrogens is 396 g/mol. The minimum absolute atomic E-state index is 0.158. The van der Waals surface area contributed by atoms with Gasteiger partial charge in [-0.3, -0.25) is 4.90 Å². The summed E-state index contributed by atoms with van der Waals surface area (Å²) in [5.74, 6) is 4.30. The second kappa shape index (κ2) is 8.89. The lowest BCUT2D eigenvalue weighted by molar-refractivity contribution is 0.170. The van der Waals surface area contributed by atoms with E-state index in [4.69, 9.17) is 28.3 Å². The average molecular weight is 424 g/mol. The monoisotopic (exact) mass is 424 g/mol. The van der Waals surface area contributed by atoms with Crippen LogP contribution in [0, 0.1) is 6.92 Å². The molecule has 0 bridgehead atoms. The van der Waals surface area contributed by atoms with E-state index in [0.29, 0.717) is 31.4 Å². The number of ether oxygens (including phenoxy) is 4. The summed E-state index contributed by atoms with van der Waals surface area (Å²) in [4.78, 5) is 6.98. The minimum atomic E-state index is 0.158. The fraction of sp³-hybridized carbons (Fsp3) is 0.375. The molecule has 3 aromatic rings. The third-order valence-electron chi connectivity index (χ3n) is 5.64. The molecule has 0 N–H and O–H groups in total. The molecule has 0 radical (unpaired) electrons. The zero-order valence-electron chi connectivity index (χ0n) is 18.6. The predicted octanol–water partition coefficient (Wildman–Crippen LogP) is 4.63. The fourth-order valence-electron chi connectivity index (χ4n) is 3.61. The van der Waals surface area contributed by atoms with Crippen molar-refractivity contribution in [3.63, 3.8) is 0 Å². The van der Waals surface area contributed by atoms with Crippen molar-refractivity contribution in [2.24, 2.45) is 0 Å². The molecule has 0 spiro atoms. The molecule has 7 heteroatoms. The van der Waals surface area contributed by atoms with Crippen molar-refractivity contribution in [1.82, 2.24) is 9.88 Å². The van der Waals surface area contributed by atoms with Crippen LogP contribution in [-0.2, 0) is 6.54 Å². The van der Waals surface area contributed by atoms with E-state index in [0.717, 1.165) is 39.8 Å². The largest absolute Gasteiger partial charge is 0.497 e. The highest BCUT2D eigenvalue weighted by atomic mass is 16.6. The van der Waals surface area contributed by atoms with Crippen LogP contribution in [-0.4, -0.2) is 44.4 Å². The zero-order valence-corrected chi connectivity index (χ0v) is 18.6. The van der Waals surface area contributed by atoms with Crippen LogP contribution in [0.2, 0.25) is 0 Å². The molecular formula is C24H28N2O5. The summed E-state index contributed by atoms with van der Waals surface area (Å²) in [6, 6.07) is 11.9. The highest BCUT2D eigenvalue weighted by Crippen LogP contribution is 2.36. The molecule has 4 rings (SSSR count). The van der Waals surface area contributed by atoms with Gasteiger partial charge in [-0.1, -0.05) is 6.07 Å². The van der Waals surface area contributed by atoms with Gasteiger partial charge in [-0.15, -0.1) is 0 Å². The van der Waals surface area contributed by atoms with Crippen LogP contribution in [0.1, 0.15) is 30.0 Å². The van der Waals surface area contributed by atoms with E-state index >= 15 is 0 Å². The maximum atomic E-state index is 5.98. The Labute approximate surface area is 182 Å². The van der Waals surface area contributed by atoms with E-state index in [2.05, 4.69) is 31.0 Å². The molecule has 164 valence electrons. The van der Waals surface area contributed by atoms with Gasteiger partial charge in [0.25, 0.3) is 0 Å². The summed E-state index contributed by atoms with van der Waals surface area (Å²) < 4.78 is 28.1. The van der Waals surface area contributed by atoms with Crippen molar-refractivity contribution in [2.75, 3.05) is 34.5 Å². The van der Waals surface area contributed by atoms with Gasteiger partial charge in [0.15, 0.2) is 11.5 Å². The molecule has 1 atom stereocenters. The number of nitrogens with zero attached hydrogens (tertiary/aromatic N) is 2. The van der Waals surface area contributed by atoms with Crippen LogP contribution >= 0.6 is 0 Å². The zero-order chi connectivity index (χ0) is 22.0. The van der Waals surface area contributed by atoms with E-state index in [-0.39, 0.29) is 6.04 Å². The Kier molecular flexibility index (Phi) is 6.04. The SMILES string of the molecule is COc1ccc(-c2nc(CN(C)C(C)c3ccc4c(c3)OCCO4)c(C)o2)c(OC)c1. The summed E-state index contributed by atoms with van der Waals surface area (Å²) in [5, 5.41) is 0. The Morgan fingerprint density at radius 3 is 2.55 bits per heavy atom. The first-order valence-corrected chi connectivity index (χ1v) is 10.3. The standard InChI is InChI=1S/C24H28N2O5/c1-15(17-6-9-21-23(12-17)30-11-10-29-21)26(3)14-20-16(2)31-24(25-20)19-8-7-18(27-4)13-22(19)28-5/h6-9,12-13,15H,10-11,14H2,1-5H3. The van der Waals surface area contributed by atoms with Crippen molar-refractivity contribution < 1.29 is 23.4 Å². The van der Waals surface area contributed by atoms with Gasteiger partial charge in [0.05, 0.1) is 25.5 Å². The quantitative estimate of drug-likeness (QED) is 0.548. The first-order chi connectivity index (χ1) is 15.0. The number of aromatic nitrogens is 1. The Bertz CT molecular complexity index is 1060. The Morgan fingerprint density at radius 2 is 1.81 bits per heavy atom. The Balaban J connectivity index is 1.53. The highest BCUT2D eigenvalue weighted by Gasteiger charge is 2.21. The van der Waals surface area contributed by atoms with E-state index in [9.17, 15) is 0 Å². The molecule has 1 aromatic heterocycles. The van der Waals surface area contributed by atoms with Crippen molar-refractivity contribution in [3.8, 4) is 34.5 Å². The lowest BCUT2D eigenvalue weighted by atomic mass is 10.1. The minimum Gasteiger partial charge on any atom is -0.497 e. The first-order valence-electron chi connectivity index (χ1n) is 10.3. The lowest BCUT2D eigenvalue weighted by Gasteiger charge is -2.26. The number of hydrogen-bond donors (Lipinski definition) is 0. The van der Waals surface area contributed by atoms with Gasteiger partial charge in [-0.05, 0) is 50.7 Å². The number of methoxy groups -OCH3 is 2. The van der Waals surface area contributed by atoms with Crippen LogP contribution in [0.3, 0.4) is 0 Å². The highest BCUT2D eigenvalue weighted by molar-refractivity contribution is 5.65. The Morgan fingerprint density at radius 1 is 1.03 bits per heavy atom. The van der Waals surface area contributed by atoms with Gasteiger partial charge < -0.3 is 23.4 Å². The maximum absolute atomic E-state index is 5.98. The van der Waals surface area contributed by atoms with E-state index < -0.39 is 0 Å². The molecule has 0 saturated heterocycles. The number of oxazole rings is 1. The number of benzene rings is 2. The van der Waals surface area contributed by atoms with Crippen LogP contribution in [0.25, 0.3) is 11.5 Å². The maximum Gasteiger partial charge on any atom is 0.230 e. The Hall–Kier alpha value is -3.19. The number of aryl methyl sites for hydroxylation is 1. The first kappa shape index (κ1) is 21.1. The molecule has 2 aromatic carbocycles. The van der Waals surface area contributed by atoms with Crippen LogP contribution < -0.4 is 18.9 Å². The molecule has 0 fully saturated rings. The van der Waals surface area contributed by atoms with Crippen molar-refractivity contribution in [2.45, 2.75) is 26.4 Å². The number of hydrogen-bond acceptors (Lipinski definition) is 7. The van der Waals surface area contributed by atoms with E-state index in [1.807, 2.05) is 31.2 Å². The van der Waals surface area contributed by atoms with Gasteiger partial charge in [0, 0.05) is 18.7 Å². The molecule has 1 unspecified atom stereocenters. The summed E-state index contributed by atoms with van der Waals surface area (Å²) in [6.07, 6.45) is 0. The third-order valence-corrected chi connectivity index (χ3v) is 5.64. The van der Waals surface area contributed by atoms with Gasteiger partial charge in [0.1, 0.15) is 30.5 Å². The van der Waals surface area contributed by atoms with Crippen LogP contribution in [0.5, 0.6) is 23.0 Å². The second-order valence-corrected chi connectivity index (χ2v) is 7.58. The molecule has 0 aliphatic carbocycles. The smallest absolute Gasteiger partial charge is 0.230 e.